The van der Waals surface area contributed by atoms with E-state index in [4.69, 9.17) is 0 Å². The van der Waals surface area contributed by atoms with Crippen molar-refractivity contribution in [3.8, 4) is 0 Å². The molecule has 1 unspecified atom stereocenters. The molecule has 0 amide bonds. The summed E-state index contributed by atoms with van der Waals surface area (Å²) in [6.07, 6.45) is 5.55. The molecule has 1 fully saturated rings. The van der Waals surface area contributed by atoms with Crippen molar-refractivity contribution in [2.45, 2.75) is 39.5 Å². The quantitative estimate of drug-likeness (QED) is 0.605. The largest absolute Gasteiger partial charge is 0.303 e. The molecule has 1 rings (SSSR count). The molecule has 0 heterocycles. The second-order valence-electron chi connectivity index (χ2n) is 4.63. The van der Waals surface area contributed by atoms with Crippen LogP contribution in [0.5, 0.6) is 0 Å². The SMILES string of the molecule is CCCN(CC(CC)CBr)CC1CC1. The van der Waals surface area contributed by atoms with Crippen molar-refractivity contribution in [1.29, 1.82) is 0 Å². The highest BCUT2D eigenvalue weighted by atomic mass is 79.9. The Kier molecular flexibility index (Phi) is 6.11. The normalized spacial score (nSPS) is 18.9. The van der Waals surface area contributed by atoms with Crippen LogP contribution < -0.4 is 0 Å². The Morgan fingerprint density at radius 1 is 1.36 bits per heavy atom. The highest BCUT2D eigenvalue weighted by Crippen LogP contribution is 2.30. The third kappa shape index (κ3) is 4.79. The lowest BCUT2D eigenvalue weighted by Gasteiger charge is -2.25. The van der Waals surface area contributed by atoms with E-state index < -0.39 is 0 Å². The molecule has 0 aromatic rings. The molecule has 0 spiro atoms. The molecule has 1 atom stereocenters. The second kappa shape index (κ2) is 6.84. The molecule has 0 aliphatic heterocycles. The van der Waals surface area contributed by atoms with Crippen molar-refractivity contribution in [2.75, 3.05) is 25.0 Å². The summed E-state index contributed by atoms with van der Waals surface area (Å²) in [5, 5.41) is 1.16. The fourth-order valence-electron chi connectivity index (χ4n) is 1.89. The van der Waals surface area contributed by atoms with E-state index in [1.165, 1.54) is 45.3 Å². The van der Waals surface area contributed by atoms with E-state index in [1.54, 1.807) is 0 Å². The number of alkyl halides is 1. The van der Waals surface area contributed by atoms with E-state index in [0.717, 1.165) is 17.2 Å². The van der Waals surface area contributed by atoms with Crippen LogP contribution in [0.4, 0.5) is 0 Å². The molecule has 1 aliphatic rings. The summed E-state index contributed by atoms with van der Waals surface area (Å²) >= 11 is 3.61. The standard InChI is InChI=1S/C12H24BrN/c1-3-7-14(10-12-5-6-12)9-11(4-2)8-13/h11-12H,3-10H2,1-2H3. The molecule has 0 aromatic carbocycles. The van der Waals surface area contributed by atoms with Crippen molar-refractivity contribution in [2.24, 2.45) is 11.8 Å². The van der Waals surface area contributed by atoms with E-state index in [0.29, 0.717) is 0 Å². The first kappa shape index (κ1) is 12.5. The molecule has 0 bridgehead atoms. The molecule has 14 heavy (non-hydrogen) atoms. The Balaban J connectivity index is 2.24. The topological polar surface area (TPSA) is 3.24 Å². The molecule has 1 saturated carbocycles. The van der Waals surface area contributed by atoms with Crippen molar-refractivity contribution in [3.05, 3.63) is 0 Å². The van der Waals surface area contributed by atoms with Gasteiger partial charge >= 0.3 is 0 Å². The molecule has 0 aromatic heterocycles. The van der Waals surface area contributed by atoms with Crippen LogP contribution in [0.2, 0.25) is 0 Å². The Bertz CT molecular complexity index is 141. The van der Waals surface area contributed by atoms with Gasteiger partial charge in [-0.2, -0.15) is 0 Å². The number of halogens is 1. The predicted octanol–water partition coefficient (Wildman–Crippen LogP) is 3.53. The molecule has 84 valence electrons. The van der Waals surface area contributed by atoms with Gasteiger partial charge in [-0.05, 0) is 37.6 Å². The summed E-state index contributed by atoms with van der Waals surface area (Å²) < 4.78 is 0. The molecular weight excluding hydrogens is 238 g/mol. The minimum absolute atomic E-state index is 0.847. The third-order valence-electron chi connectivity index (χ3n) is 3.07. The van der Waals surface area contributed by atoms with Crippen LogP contribution in [0.15, 0.2) is 0 Å². The van der Waals surface area contributed by atoms with Gasteiger partial charge in [-0.1, -0.05) is 36.2 Å². The highest BCUT2D eigenvalue weighted by Gasteiger charge is 2.24. The van der Waals surface area contributed by atoms with Gasteiger partial charge in [0.05, 0.1) is 0 Å². The van der Waals surface area contributed by atoms with Gasteiger partial charge < -0.3 is 4.90 Å². The summed E-state index contributed by atoms with van der Waals surface area (Å²) in [6.45, 7) is 8.53. The van der Waals surface area contributed by atoms with Crippen molar-refractivity contribution in [3.63, 3.8) is 0 Å². The monoisotopic (exact) mass is 261 g/mol. The van der Waals surface area contributed by atoms with Crippen LogP contribution in [0.3, 0.4) is 0 Å². The molecule has 1 nitrogen and oxygen atoms in total. The zero-order chi connectivity index (χ0) is 10.4. The van der Waals surface area contributed by atoms with E-state index in [-0.39, 0.29) is 0 Å². The van der Waals surface area contributed by atoms with Gasteiger partial charge in [0.25, 0.3) is 0 Å². The Morgan fingerprint density at radius 3 is 2.50 bits per heavy atom. The minimum atomic E-state index is 0.847. The van der Waals surface area contributed by atoms with Crippen LogP contribution in [-0.4, -0.2) is 29.9 Å². The maximum Gasteiger partial charge on any atom is 0.00717 e. The molecule has 0 saturated heterocycles. The Hall–Kier alpha value is 0.440. The summed E-state index contributed by atoms with van der Waals surface area (Å²) in [6, 6.07) is 0. The van der Waals surface area contributed by atoms with E-state index >= 15 is 0 Å². The fourth-order valence-corrected chi connectivity index (χ4v) is 2.55. The van der Waals surface area contributed by atoms with E-state index in [1.807, 2.05) is 0 Å². The zero-order valence-corrected chi connectivity index (χ0v) is 11.2. The molecule has 0 radical (unpaired) electrons. The van der Waals surface area contributed by atoms with Gasteiger partial charge in [-0.15, -0.1) is 0 Å². The van der Waals surface area contributed by atoms with Gasteiger partial charge in [0, 0.05) is 18.4 Å². The average molecular weight is 262 g/mol. The van der Waals surface area contributed by atoms with Gasteiger partial charge in [0.15, 0.2) is 0 Å². The van der Waals surface area contributed by atoms with Crippen LogP contribution in [-0.2, 0) is 0 Å². The third-order valence-corrected chi connectivity index (χ3v) is 3.98. The predicted molar refractivity (Wildman–Crippen MR) is 67.0 cm³/mol. The van der Waals surface area contributed by atoms with E-state index in [2.05, 4.69) is 34.7 Å². The van der Waals surface area contributed by atoms with Gasteiger partial charge in [-0.25, -0.2) is 0 Å². The van der Waals surface area contributed by atoms with Crippen molar-refractivity contribution >= 4 is 15.9 Å². The highest BCUT2D eigenvalue weighted by molar-refractivity contribution is 9.09. The van der Waals surface area contributed by atoms with Gasteiger partial charge in [0.1, 0.15) is 0 Å². The smallest absolute Gasteiger partial charge is 0.00717 e. The van der Waals surface area contributed by atoms with Crippen molar-refractivity contribution < 1.29 is 0 Å². The summed E-state index contributed by atoms with van der Waals surface area (Å²) in [5.74, 6) is 1.88. The molecule has 0 N–H and O–H groups in total. The second-order valence-corrected chi connectivity index (χ2v) is 5.28. The zero-order valence-electron chi connectivity index (χ0n) is 9.64. The summed E-state index contributed by atoms with van der Waals surface area (Å²) in [4.78, 5) is 2.67. The first-order chi connectivity index (χ1) is 6.80. The van der Waals surface area contributed by atoms with Gasteiger partial charge in [-0.3, -0.25) is 0 Å². The lowest BCUT2D eigenvalue weighted by molar-refractivity contribution is 0.228. The Labute approximate surface area is 97.4 Å². The van der Waals surface area contributed by atoms with Crippen LogP contribution in [0, 0.1) is 11.8 Å². The maximum absolute atomic E-state index is 3.61. The van der Waals surface area contributed by atoms with Crippen LogP contribution in [0.25, 0.3) is 0 Å². The molecule has 2 heteroatoms. The van der Waals surface area contributed by atoms with Crippen LogP contribution >= 0.6 is 15.9 Å². The summed E-state index contributed by atoms with van der Waals surface area (Å²) in [5.41, 5.74) is 0. The number of nitrogens with zero attached hydrogens (tertiary/aromatic N) is 1. The average Bonchev–Trinajstić information content (AvgIpc) is 2.98. The first-order valence-electron chi connectivity index (χ1n) is 6.08. The minimum Gasteiger partial charge on any atom is -0.303 e. The first-order valence-corrected chi connectivity index (χ1v) is 7.20. The number of hydrogen-bond acceptors (Lipinski definition) is 1. The molecule has 1 aliphatic carbocycles. The Morgan fingerprint density at radius 2 is 2.07 bits per heavy atom. The van der Waals surface area contributed by atoms with Crippen molar-refractivity contribution in [1.82, 2.24) is 4.90 Å². The lowest BCUT2D eigenvalue weighted by Crippen LogP contribution is -2.32. The number of rotatable bonds is 8. The van der Waals surface area contributed by atoms with E-state index in [9.17, 15) is 0 Å². The molecular formula is C12H24BrN. The lowest BCUT2D eigenvalue weighted by atomic mass is 10.1. The summed E-state index contributed by atoms with van der Waals surface area (Å²) in [7, 11) is 0. The number of hydrogen-bond donors (Lipinski definition) is 0. The fraction of sp³-hybridized carbons (Fsp3) is 1.00. The van der Waals surface area contributed by atoms with Gasteiger partial charge in [0.2, 0.25) is 0 Å². The maximum atomic E-state index is 3.61. The van der Waals surface area contributed by atoms with Crippen LogP contribution in [0.1, 0.15) is 39.5 Å².